The van der Waals surface area contributed by atoms with Crippen LogP contribution in [-0.4, -0.2) is 32.7 Å². The molecule has 12 heteroatoms. The van der Waals surface area contributed by atoms with Crippen molar-refractivity contribution < 1.29 is 23.1 Å². The third-order valence-corrected chi connectivity index (χ3v) is 5.56. The Morgan fingerprint density at radius 1 is 1.15 bits per heavy atom. The number of hydrogen-bond acceptors (Lipinski definition) is 7. The number of hydrogen-bond donors (Lipinski definition) is 2. The molecule has 0 unspecified atom stereocenters. The molecule has 1 amide bonds. The largest absolute Gasteiger partial charge is 0.451 e. The maximum absolute atomic E-state index is 13.4. The van der Waals surface area contributed by atoms with Gasteiger partial charge in [0.05, 0.1) is 16.5 Å². The van der Waals surface area contributed by atoms with Gasteiger partial charge in [-0.1, -0.05) is 12.1 Å². The number of nitrogens with one attached hydrogen (secondary N) is 2. The number of aromatic nitrogens is 3. The summed E-state index contributed by atoms with van der Waals surface area (Å²) >= 11 is 1.04. The summed E-state index contributed by atoms with van der Waals surface area (Å²) < 4.78 is 32.4. The van der Waals surface area contributed by atoms with Crippen LogP contribution in [0.1, 0.15) is 6.92 Å². The first kappa shape index (κ1) is 23.0. The van der Waals surface area contributed by atoms with E-state index in [-0.39, 0.29) is 15.9 Å². The first-order valence-electron chi connectivity index (χ1n) is 9.86. The number of benzene rings is 2. The number of fused-ring (bicyclic) bond motifs is 1. The van der Waals surface area contributed by atoms with Gasteiger partial charge in [-0.2, -0.15) is 0 Å². The molecule has 9 nitrogen and oxygen atoms in total. The Balaban J connectivity index is 1.40. The van der Waals surface area contributed by atoms with Gasteiger partial charge in [0, 0.05) is 10.9 Å². The number of H-pyrrole nitrogens is 1. The van der Waals surface area contributed by atoms with Crippen molar-refractivity contribution in [2.24, 2.45) is 0 Å². The fraction of sp³-hybridized carbons (Fsp3) is 0.136. The molecule has 0 bridgehead atoms. The number of carbonyl (C=O) groups is 2. The molecule has 2 N–H and O–H groups in total. The van der Waals surface area contributed by atoms with Gasteiger partial charge in [0.15, 0.2) is 22.9 Å². The molecule has 34 heavy (non-hydrogen) atoms. The average Bonchev–Trinajstić information content (AvgIpc) is 3.27. The molecule has 2 heterocycles. The Labute approximate surface area is 193 Å². The lowest BCUT2D eigenvalue weighted by atomic mass is 10.2. The van der Waals surface area contributed by atoms with Gasteiger partial charge in [-0.15, -0.1) is 11.3 Å². The Hall–Kier alpha value is -4.19. The van der Waals surface area contributed by atoms with Crippen molar-refractivity contribution in [2.75, 3.05) is 5.32 Å². The van der Waals surface area contributed by atoms with Gasteiger partial charge in [-0.3, -0.25) is 29.6 Å². The molecule has 4 aromatic rings. The lowest BCUT2D eigenvalue weighted by Gasteiger charge is -2.13. The average molecular weight is 486 g/mol. The third kappa shape index (κ3) is 4.76. The smallest absolute Gasteiger partial charge is 0.328 e. The van der Waals surface area contributed by atoms with Crippen LogP contribution in [0.15, 0.2) is 57.4 Å². The number of thiazole rings is 1. The van der Waals surface area contributed by atoms with Crippen LogP contribution in [0.3, 0.4) is 0 Å². The van der Waals surface area contributed by atoms with Gasteiger partial charge in [0.1, 0.15) is 6.54 Å². The summed E-state index contributed by atoms with van der Waals surface area (Å²) in [6.45, 7) is 0.719. The van der Waals surface area contributed by atoms with Crippen LogP contribution in [0, 0.1) is 11.6 Å². The molecule has 2 aromatic carbocycles. The maximum atomic E-state index is 13.4. The van der Waals surface area contributed by atoms with Crippen molar-refractivity contribution in [3.05, 3.63) is 80.2 Å². The zero-order valence-electron chi connectivity index (χ0n) is 17.5. The number of carbonyl (C=O) groups excluding carboxylic acids is 2. The maximum Gasteiger partial charge on any atom is 0.328 e. The van der Waals surface area contributed by atoms with E-state index in [1.165, 1.54) is 25.1 Å². The first-order valence-corrected chi connectivity index (χ1v) is 10.7. The van der Waals surface area contributed by atoms with E-state index in [2.05, 4.69) is 15.4 Å². The van der Waals surface area contributed by atoms with Gasteiger partial charge in [0.25, 0.3) is 17.0 Å². The van der Waals surface area contributed by atoms with Crippen molar-refractivity contribution in [2.45, 2.75) is 19.6 Å². The molecule has 4 rings (SSSR count). The Morgan fingerprint density at radius 2 is 1.88 bits per heavy atom. The van der Waals surface area contributed by atoms with Crippen LogP contribution in [0.2, 0.25) is 0 Å². The SMILES string of the molecule is C[C@@H](OC(=O)Cn1[nH]c(=O)c2ccccc2c1=O)C(=O)Nc1nc(-c2ccc(F)c(F)c2)cs1. The number of amides is 1. The molecule has 1 atom stereocenters. The summed E-state index contributed by atoms with van der Waals surface area (Å²) in [7, 11) is 0. The van der Waals surface area contributed by atoms with Crippen molar-refractivity contribution in [1.82, 2.24) is 14.8 Å². The lowest BCUT2D eigenvalue weighted by molar-refractivity contribution is -0.154. The van der Waals surface area contributed by atoms with Crippen LogP contribution < -0.4 is 16.4 Å². The highest BCUT2D eigenvalue weighted by Crippen LogP contribution is 2.26. The van der Waals surface area contributed by atoms with E-state index in [1.54, 1.807) is 17.5 Å². The second-order valence-electron chi connectivity index (χ2n) is 7.17. The topological polar surface area (TPSA) is 123 Å². The minimum absolute atomic E-state index is 0.144. The zero-order chi connectivity index (χ0) is 24.4. The normalized spacial score (nSPS) is 11.9. The standard InChI is InChI=1S/C22H16F2N4O5S/c1-11(19(30)26-22-25-17(10-34-22)12-6-7-15(23)16(24)8-12)33-18(29)9-28-21(32)14-5-3-2-4-13(14)20(31)27-28/h2-8,10-11H,9H2,1H3,(H,27,31)(H,25,26,30)/t11-/m1/s1. The number of ether oxygens (including phenoxy) is 1. The molecule has 174 valence electrons. The molecule has 0 aliphatic heterocycles. The van der Waals surface area contributed by atoms with E-state index in [0.29, 0.717) is 11.3 Å². The Morgan fingerprint density at radius 3 is 2.62 bits per heavy atom. The van der Waals surface area contributed by atoms with E-state index in [4.69, 9.17) is 4.74 Å². The highest BCUT2D eigenvalue weighted by Gasteiger charge is 2.20. The molecular weight excluding hydrogens is 470 g/mol. The summed E-state index contributed by atoms with van der Waals surface area (Å²) in [5.41, 5.74) is -0.486. The number of rotatable bonds is 6. The molecule has 0 saturated heterocycles. The highest BCUT2D eigenvalue weighted by molar-refractivity contribution is 7.14. The minimum atomic E-state index is -1.24. The zero-order valence-corrected chi connectivity index (χ0v) is 18.3. The Kier molecular flexibility index (Phi) is 6.32. The molecule has 0 aliphatic carbocycles. The van der Waals surface area contributed by atoms with Crippen molar-refractivity contribution in [1.29, 1.82) is 0 Å². The van der Waals surface area contributed by atoms with Gasteiger partial charge in [0.2, 0.25) is 0 Å². The Bertz CT molecular complexity index is 1530. The van der Waals surface area contributed by atoms with Gasteiger partial charge < -0.3 is 4.74 Å². The van der Waals surface area contributed by atoms with E-state index < -0.39 is 47.3 Å². The van der Waals surface area contributed by atoms with E-state index in [0.717, 1.165) is 28.2 Å². The monoisotopic (exact) mass is 486 g/mol. The van der Waals surface area contributed by atoms with Crippen LogP contribution in [0.5, 0.6) is 0 Å². The van der Waals surface area contributed by atoms with Gasteiger partial charge in [-0.25, -0.2) is 18.4 Å². The van der Waals surface area contributed by atoms with Crippen molar-refractivity contribution in [3.63, 3.8) is 0 Å². The van der Waals surface area contributed by atoms with Crippen molar-refractivity contribution in [3.8, 4) is 11.3 Å². The highest BCUT2D eigenvalue weighted by atomic mass is 32.1. The van der Waals surface area contributed by atoms with Crippen LogP contribution in [-0.2, 0) is 20.9 Å². The summed E-state index contributed by atoms with van der Waals surface area (Å²) in [6, 6.07) is 9.46. The second kappa shape index (κ2) is 9.35. The summed E-state index contributed by atoms with van der Waals surface area (Å²) in [4.78, 5) is 53.4. The van der Waals surface area contributed by atoms with Crippen LogP contribution in [0.25, 0.3) is 22.0 Å². The summed E-state index contributed by atoms with van der Waals surface area (Å²) in [6.07, 6.45) is -1.24. The molecule has 0 fully saturated rings. The predicted octanol–water partition coefficient (Wildman–Crippen LogP) is 2.66. The number of aromatic amines is 1. The van der Waals surface area contributed by atoms with Crippen molar-refractivity contribution >= 4 is 39.1 Å². The fourth-order valence-corrected chi connectivity index (χ4v) is 3.82. The molecule has 0 aliphatic rings. The van der Waals surface area contributed by atoms with Crippen LogP contribution in [0.4, 0.5) is 13.9 Å². The molecule has 0 saturated carbocycles. The third-order valence-electron chi connectivity index (χ3n) is 4.80. The number of esters is 1. The van der Waals surface area contributed by atoms with E-state index >= 15 is 0 Å². The molecule has 0 radical (unpaired) electrons. The second-order valence-corrected chi connectivity index (χ2v) is 8.02. The molecular formula is C22H16F2N4O5S. The van der Waals surface area contributed by atoms with E-state index in [9.17, 15) is 28.0 Å². The quantitative estimate of drug-likeness (QED) is 0.404. The minimum Gasteiger partial charge on any atom is -0.451 e. The molecule has 0 spiro atoms. The van der Waals surface area contributed by atoms with E-state index in [1.807, 2.05) is 0 Å². The van der Waals surface area contributed by atoms with Gasteiger partial charge in [-0.05, 0) is 37.3 Å². The lowest BCUT2D eigenvalue weighted by Crippen LogP contribution is -2.35. The number of anilines is 1. The number of halogens is 2. The first-order chi connectivity index (χ1) is 16.2. The summed E-state index contributed by atoms with van der Waals surface area (Å²) in [5, 5.41) is 6.81. The fourth-order valence-electron chi connectivity index (χ4n) is 3.10. The van der Waals surface area contributed by atoms with Crippen LogP contribution >= 0.6 is 11.3 Å². The van der Waals surface area contributed by atoms with Gasteiger partial charge >= 0.3 is 5.97 Å². The molecule has 2 aromatic heterocycles. The number of nitrogens with zero attached hydrogens (tertiary/aromatic N) is 2. The summed E-state index contributed by atoms with van der Waals surface area (Å²) in [5.74, 6) is -3.63. The predicted molar refractivity (Wildman–Crippen MR) is 120 cm³/mol.